The number of likely N-dealkylation sites (tertiary alicyclic amines) is 1. The number of hydrogen-bond acceptors (Lipinski definition) is 3. The van der Waals surface area contributed by atoms with Crippen LogP contribution in [0.1, 0.15) is 66.7 Å². The number of rotatable bonds is 8. The maximum absolute atomic E-state index is 11.5. The monoisotopic (exact) mass is 298 g/mol. The molecule has 21 heavy (non-hydrogen) atoms. The van der Waals surface area contributed by atoms with Gasteiger partial charge in [0.25, 0.3) is 0 Å². The van der Waals surface area contributed by atoms with Crippen molar-refractivity contribution >= 4 is 5.97 Å². The second-order valence-electron chi connectivity index (χ2n) is 6.96. The van der Waals surface area contributed by atoms with E-state index in [9.17, 15) is 9.90 Å². The van der Waals surface area contributed by atoms with E-state index in [0.29, 0.717) is 24.4 Å². The molecule has 2 atom stereocenters. The molecule has 0 aromatic heterocycles. The molecule has 1 fully saturated rings. The molecular weight excluding hydrogens is 264 g/mol. The highest BCUT2D eigenvalue weighted by Gasteiger charge is 2.38. The largest absolute Gasteiger partial charge is 0.480 e. The maximum Gasteiger partial charge on any atom is 0.323 e. The van der Waals surface area contributed by atoms with Crippen LogP contribution in [0, 0.1) is 5.41 Å². The van der Waals surface area contributed by atoms with Crippen molar-refractivity contribution in [3.63, 3.8) is 0 Å². The molecule has 0 aromatic carbocycles. The average Bonchev–Trinajstić information content (AvgIpc) is 2.47. The van der Waals surface area contributed by atoms with E-state index in [0.717, 1.165) is 13.1 Å². The molecule has 0 saturated carbocycles. The molecule has 2 N–H and O–H groups in total. The molecule has 1 aliphatic heterocycles. The molecule has 4 heteroatoms. The number of piperidine rings is 1. The normalized spacial score (nSPS) is 23.5. The second-order valence-corrected chi connectivity index (χ2v) is 6.96. The van der Waals surface area contributed by atoms with Crippen molar-refractivity contribution in [2.75, 3.05) is 19.6 Å². The Labute approximate surface area is 130 Å². The van der Waals surface area contributed by atoms with Gasteiger partial charge in [-0.2, -0.15) is 0 Å². The van der Waals surface area contributed by atoms with Gasteiger partial charge in [0.2, 0.25) is 0 Å². The van der Waals surface area contributed by atoms with Crippen molar-refractivity contribution in [3.8, 4) is 0 Å². The lowest BCUT2D eigenvalue weighted by Crippen LogP contribution is -2.54. The van der Waals surface area contributed by atoms with Crippen LogP contribution in [0.3, 0.4) is 0 Å². The van der Waals surface area contributed by atoms with E-state index in [1.165, 1.54) is 25.7 Å². The standard InChI is InChI=1S/C17H34N2O2/c1-6-17(7-2)9-11-19(12-10-17)14(4)13-16(5,15(20)21)18-8-3/h14,18H,6-13H2,1-5H3,(H,20,21). The van der Waals surface area contributed by atoms with Crippen LogP contribution in [0.25, 0.3) is 0 Å². The van der Waals surface area contributed by atoms with E-state index >= 15 is 0 Å². The van der Waals surface area contributed by atoms with Crippen LogP contribution in [-0.4, -0.2) is 47.2 Å². The quantitative estimate of drug-likeness (QED) is 0.723. The summed E-state index contributed by atoms with van der Waals surface area (Å²) < 4.78 is 0. The van der Waals surface area contributed by atoms with Gasteiger partial charge in [0.15, 0.2) is 0 Å². The fourth-order valence-electron chi connectivity index (χ4n) is 3.74. The van der Waals surface area contributed by atoms with Crippen molar-refractivity contribution in [3.05, 3.63) is 0 Å². The van der Waals surface area contributed by atoms with Gasteiger partial charge in [-0.05, 0) is 58.2 Å². The van der Waals surface area contributed by atoms with Crippen LogP contribution in [0.5, 0.6) is 0 Å². The SMILES string of the molecule is CCNC(C)(CC(C)N1CCC(CC)(CC)CC1)C(=O)O. The first-order valence-corrected chi connectivity index (χ1v) is 8.55. The molecule has 0 radical (unpaired) electrons. The Kier molecular flexibility index (Phi) is 6.67. The fraction of sp³-hybridized carbons (Fsp3) is 0.941. The lowest BCUT2D eigenvalue weighted by molar-refractivity contribution is -0.145. The number of carboxylic acid groups (broad SMARTS) is 1. The first-order chi connectivity index (χ1) is 9.82. The van der Waals surface area contributed by atoms with Crippen LogP contribution in [0.4, 0.5) is 0 Å². The molecular formula is C17H34N2O2. The summed E-state index contributed by atoms with van der Waals surface area (Å²) in [6.07, 6.45) is 5.66. The van der Waals surface area contributed by atoms with Crippen LogP contribution in [0.2, 0.25) is 0 Å². The molecule has 124 valence electrons. The van der Waals surface area contributed by atoms with Crippen molar-refractivity contribution in [2.45, 2.75) is 78.3 Å². The second kappa shape index (κ2) is 7.59. The molecule has 0 spiro atoms. The summed E-state index contributed by atoms with van der Waals surface area (Å²) >= 11 is 0. The minimum atomic E-state index is -0.821. The van der Waals surface area contributed by atoms with Crippen LogP contribution >= 0.6 is 0 Å². The van der Waals surface area contributed by atoms with Gasteiger partial charge < -0.3 is 15.3 Å². The number of nitrogens with zero attached hydrogens (tertiary/aromatic N) is 1. The average molecular weight is 298 g/mol. The number of aliphatic carboxylic acids is 1. The number of nitrogens with one attached hydrogen (secondary N) is 1. The van der Waals surface area contributed by atoms with Gasteiger partial charge in [0.1, 0.15) is 5.54 Å². The number of hydrogen-bond donors (Lipinski definition) is 2. The van der Waals surface area contributed by atoms with Crippen molar-refractivity contribution < 1.29 is 9.90 Å². The maximum atomic E-state index is 11.5. The highest BCUT2D eigenvalue weighted by Crippen LogP contribution is 2.38. The van der Waals surface area contributed by atoms with Gasteiger partial charge in [0.05, 0.1) is 0 Å². The molecule has 4 nitrogen and oxygen atoms in total. The third kappa shape index (κ3) is 4.43. The Morgan fingerprint density at radius 3 is 2.19 bits per heavy atom. The Bertz CT molecular complexity index is 332. The van der Waals surface area contributed by atoms with Gasteiger partial charge in [-0.1, -0.05) is 33.6 Å². The summed E-state index contributed by atoms with van der Waals surface area (Å²) in [6.45, 7) is 13.4. The summed E-state index contributed by atoms with van der Waals surface area (Å²) in [5, 5.41) is 12.6. The number of carboxylic acids is 1. The molecule has 1 saturated heterocycles. The molecule has 0 amide bonds. The molecule has 0 aliphatic carbocycles. The summed E-state index contributed by atoms with van der Waals surface area (Å²) in [5.74, 6) is -0.746. The highest BCUT2D eigenvalue weighted by atomic mass is 16.4. The third-order valence-electron chi connectivity index (χ3n) is 5.72. The van der Waals surface area contributed by atoms with Crippen molar-refractivity contribution in [2.24, 2.45) is 5.41 Å². The van der Waals surface area contributed by atoms with Crippen molar-refractivity contribution in [1.82, 2.24) is 10.2 Å². The van der Waals surface area contributed by atoms with E-state index in [2.05, 4.69) is 31.0 Å². The summed E-state index contributed by atoms with van der Waals surface area (Å²) in [4.78, 5) is 14.0. The summed E-state index contributed by atoms with van der Waals surface area (Å²) in [5.41, 5.74) is -0.299. The van der Waals surface area contributed by atoms with E-state index in [4.69, 9.17) is 0 Å². The zero-order valence-electron chi connectivity index (χ0n) is 14.5. The van der Waals surface area contributed by atoms with Gasteiger partial charge in [-0.3, -0.25) is 4.79 Å². The van der Waals surface area contributed by atoms with Gasteiger partial charge in [0, 0.05) is 6.04 Å². The molecule has 1 rings (SSSR count). The Hall–Kier alpha value is -0.610. The first-order valence-electron chi connectivity index (χ1n) is 8.55. The summed E-state index contributed by atoms with van der Waals surface area (Å²) in [7, 11) is 0. The van der Waals surface area contributed by atoms with Gasteiger partial charge in [-0.25, -0.2) is 0 Å². The predicted molar refractivity (Wildman–Crippen MR) is 87.6 cm³/mol. The predicted octanol–water partition coefficient (Wildman–Crippen LogP) is 3.12. The number of carbonyl (C=O) groups is 1. The minimum Gasteiger partial charge on any atom is -0.480 e. The van der Waals surface area contributed by atoms with Gasteiger partial charge in [-0.15, -0.1) is 0 Å². The zero-order valence-corrected chi connectivity index (χ0v) is 14.5. The molecule has 0 aromatic rings. The summed E-state index contributed by atoms with van der Waals surface area (Å²) in [6, 6.07) is 0.303. The zero-order chi connectivity index (χ0) is 16.1. The first kappa shape index (κ1) is 18.4. The highest BCUT2D eigenvalue weighted by molar-refractivity contribution is 5.78. The lowest BCUT2D eigenvalue weighted by atomic mass is 9.74. The third-order valence-corrected chi connectivity index (χ3v) is 5.72. The van der Waals surface area contributed by atoms with E-state index in [1.807, 2.05) is 13.8 Å². The molecule has 1 aliphatic rings. The van der Waals surface area contributed by atoms with Gasteiger partial charge >= 0.3 is 5.97 Å². The van der Waals surface area contributed by atoms with Crippen LogP contribution in [-0.2, 0) is 4.79 Å². The fourth-order valence-corrected chi connectivity index (χ4v) is 3.74. The topological polar surface area (TPSA) is 52.6 Å². The Morgan fingerprint density at radius 1 is 1.29 bits per heavy atom. The molecule has 0 bridgehead atoms. The minimum absolute atomic E-state index is 0.303. The molecule has 2 unspecified atom stereocenters. The Morgan fingerprint density at radius 2 is 1.81 bits per heavy atom. The van der Waals surface area contributed by atoms with E-state index in [1.54, 1.807) is 0 Å². The van der Waals surface area contributed by atoms with Crippen molar-refractivity contribution in [1.29, 1.82) is 0 Å². The van der Waals surface area contributed by atoms with E-state index < -0.39 is 11.5 Å². The van der Waals surface area contributed by atoms with Crippen LogP contribution in [0.15, 0.2) is 0 Å². The van der Waals surface area contributed by atoms with Crippen LogP contribution < -0.4 is 5.32 Å². The lowest BCUT2D eigenvalue weighted by Gasteiger charge is -2.44. The number of likely N-dealkylation sites (N-methyl/N-ethyl adjacent to an activating group) is 1. The molecule has 1 heterocycles. The Balaban J connectivity index is 2.61. The smallest absolute Gasteiger partial charge is 0.323 e. The van der Waals surface area contributed by atoms with E-state index in [-0.39, 0.29) is 0 Å².